The lowest BCUT2D eigenvalue weighted by molar-refractivity contribution is -0.139. The van der Waals surface area contributed by atoms with Gasteiger partial charge in [-0.3, -0.25) is 13.9 Å². The fraction of sp³-hybridized carbons (Fsp3) is 0.161. The highest BCUT2D eigenvalue weighted by molar-refractivity contribution is 7.92. The smallest absolute Gasteiger partial charge is 0.264 e. The zero-order valence-electron chi connectivity index (χ0n) is 22.3. The number of carbonyl (C=O) groups excluding carboxylic acids is 2. The molecule has 1 atom stereocenters. The molecule has 0 saturated heterocycles. The number of carbonyl (C=O) groups is 2. The number of sulfonamides is 1. The zero-order chi connectivity index (χ0) is 29.4. The van der Waals surface area contributed by atoms with Crippen LogP contribution in [0.25, 0.3) is 0 Å². The van der Waals surface area contributed by atoms with E-state index in [0.29, 0.717) is 10.6 Å². The van der Waals surface area contributed by atoms with Crippen molar-refractivity contribution < 1.29 is 22.4 Å². The van der Waals surface area contributed by atoms with Crippen molar-refractivity contribution >= 4 is 39.1 Å². The highest BCUT2D eigenvalue weighted by Crippen LogP contribution is 2.26. The first-order valence-electron chi connectivity index (χ1n) is 12.8. The second kappa shape index (κ2) is 13.4. The van der Waals surface area contributed by atoms with Crippen LogP contribution in [0.3, 0.4) is 0 Å². The van der Waals surface area contributed by atoms with Gasteiger partial charge < -0.3 is 10.2 Å². The molecule has 0 radical (unpaired) electrons. The molecule has 0 heterocycles. The number of nitrogens with one attached hydrogen (secondary N) is 1. The predicted molar refractivity (Wildman–Crippen MR) is 157 cm³/mol. The Morgan fingerprint density at radius 3 is 2.00 bits per heavy atom. The van der Waals surface area contributed by atoms with E-state index in [0.717, 1.165) is 9.87 Å². The zero-order valence-corrected chi connectivity index (χ0v) is 23.9. The van der Waals surface area contributed by atoms with E-state index in [2.05, 4.69) is 5.32 Å². The van der Waals surface area contributed by atoms with Crippen LogP contribution in [0.1, 0.15) is 11.1 Å². The average molecular weight is 594 g/mol. The van der Waals surface area contributed by atoms with Gasteiger partial charge in [-0.2, -0.15) is 0 Å². The van der Waals surface area contributed by atoms with Crippen molar-refractivity contribution in [3.05, 3.63) is 131 Å². The molecule has 4 aromatic rings. The molecule has 2 amide bonds. The summed E-state index contributed by atoms with van der Waals surface area (Å²) in [5, 5.41) is 3.02. The van der Waals surface area contributed by atoms with Gasteiger partial charge in [-0.25, -0.2) is 12.8 Å². The van der Waals surface area contributed by atoms with E-state index < -0.39 is 40.2 Å². The van der Waals surface area contributed by atoms with Crippen molar-refractivity contribution in [2.45, 2.75) is 23.9 Å². The molecule has 0 bridgehead atoms. The highest BCUT2D eigenvalue weighted by Gasteiger charge is 2.34. The molecule has 1 N–H and O–H groups in total. The van der Waals surface area contributed by atoms with Crippen LogP contribution in [0.15, 0.2) is 114 Å². The lowest BCUT2D eigenvalue weighted by Crippen LogP contribution is -2.53. The van der Waals surface area contributed by atoms with Crippen LogP contribution in [0, 0.1) is 5.82 Å². The van der Waals surface area contributed by atoms with Gasteiger partial charge in [0.05, 0.1) is 10.6 Å². The lowest BCUT2D eigenvalue weighted by atomic mass is 10.0. The third-order valence-electron chi connectivity index (χ3n) is 6.51. The summed E-state index contributed by atoms with van der Waals surface area (Å²) >= 11 is 6.06. The van der Waals surface area contributed by atoms with Crippen LogP contribution in [-0.2, 0) is 32.6 Å². The van der Waals surface area contributed by atoms with Crippen LogP contribution in [-0.4, -0.2) is 44.8 Å². The van der Waals surface area contributed by atoms with Crippen molar-refractivity contribution in [1.29, 1.82) is 0 Å². The van der Waals surface area contributed by atoms with Gasteiger partial charge in [-0.05, 0) is 59.7 Å². The van der Waals surface area contributed by atoms with Crippen molar-refractivity contribution in [3.8, 4) is 0 Å². The minimum absolute atomic E-state index is 0.0000265. The average Bonchev–Trinajstić information content (AvgIpc) is 2.99. The molecule has 0 fully saturated rings. The molecule has 0 aliphatic heterocycles. The molecule has 0 spiro atoms. The number of halogens is 2. The van der Waals surface area contributed by atoms with E-state index in [4.69, 9.17) is 11.6 Å². The lowest BCUT2D eigenvalue weighted by Gasteiger charge is -2.33. The third kappa shape index (κ3) is 7.50. The van der Waals surface area contributed by atoms with Crippen LogP contribution in [0.5, 0.6) is 0 Å². The number of hydrogen-bond donors (Lipinski definition) is 1. The molecule has 0 aliphatic rings. The minimum atomic E-state index is -4.19. The molecule has 10 heteroatoms. The number of benzene rings is 4. The topological polar surface area (TPSA) is 86.8 Å². The molecule has 0 aromatic heterocycles. The van der Waals surface area contributed by atoms with Crippen LogP contribution in [0.4, 0.5) is 10.1 Å². The number of nitrogens with zero attached hydrogens (tertiary/aromatic N) is 2. The minimum Gasteiger partial charge on any atom is -0.357 e. The normalized spacial score (nSPS) is 11.9. The Morgan fingerprint density at radius 1 is 0.829 bits per heavy atom. The third-order valence-corrected chi connectivity index (χ3v) is 8.55. The van der Waals surface area contributed by atoms with Crippen LogP contribution < -0.4 is 9.62 Å². The number of likely N-dealkylation sites (N-methyl/N-ethyl adjacent to an activating group) is 1. The molecule has 41 heavy (non-hydrogen) atoms. The fourth-order valence-electron chi connectivity index (χ4n) is 4.36. The Morgan fingerprint density at radius 2 is 1.41 bits per heavy atom. The SMILES string of the molecule is CNC(=O)[C@@H](Cc1ccccc1)N(Cc1ccc(F)cc1)C(=O)CN(c1ccc(Cl)cc1)S(=O)(=O)c1ccccc1. The Balaban J connectivity index is 1.77. The van der Waals surface area contributed by atoms with Gasteiger partial charge in [0.2, 0.25) is 11.8 Å². The van der Waals surface area contributed by atoms with Crippen molar-refractivity contribution in [2.75, 3.05) is 17.9 Å². The Kier molecular flexibility index (Phi) is 9.75. The summed E-state index contributed by atoms with van der Waals surface area (Å²) in [7, 11) is -2.72. The first-order chi connectivity index (χ1) is 19.7. The summed E-state index contributed by atoms with van der Waals surface area (Å²) in [5.74, 6) is -1.48. The maximum absolute atomic E-state index is 14.1. The molecule has 212 valence electrons. The van der Waals surface area contributed by atoms with E-state index in [1.54, 1.807) is 18.2 Å². The van der Waals surface area contributed by atoms with E-state index in [9.17, 15) is 22.4 Å². The Hall–Kier alpha value is -4.21. The van der Waals surface area contributed by atoms with Gasteiger partial charge >= 0.3 is 0 Å². The summed E-state index contributed by atoms with van der Waals surface area (Å²) in [5.41, 5.74) is 1.61. The molecule has 0 saturated carbocycles. The van der Waals surface area contributed by atoms with Crippen LogP contribution in [0.2, 0.25) is 5.02 Å². The summed E-state index contributed by atoms with van der Waals surface area (Å²) in [6.07, 6.45) is 0.180. The van der Waals surface area contributed by atoms with Gasteiger partial charge in [0.1, 0.15) is 18.4 Å². The number of rotatable bonds is 11. The van der Waals surface area contributed by atoms with Gasteiger partial charge in [-0.1, -0.05) is 72.3 Å². The van der Waals surface area contributed by atoms with Gasteiger partial charge in [0.15, 0.2) is 0 Å². The second-order valence-corrected chi connectivity index (χ2v) is 11.6. The number of hydrogen-bond acceptors (Lipinski definition) is 4. The summed E-state index contributed by atoms with van der Waals surface area (Å²) in [6, 6.07) is 27.7. The molecule has 0 unspecified atom stereocenters. The van der Waals surface area contributed by atoms with E-state index in [1.807, 2.05) is 30.3 Å². The fourth-order valence-corrected chi connectivity index (χ4v) is 5.92. The summed E-state index contributed by atoms with van der Waals surface area (Å²) < 4.78 is 42.3. The number of amides is 2. The molecular formula is C31H29ClFN3O4S. The quantitative estimate of drug-likeness (QED) is 0.263. The van der Waals surface area contributed by atoms with E-state index in [-0.39, 0.29) is 23.5 Å². The maximum Gasteiger partial charge on any atom is 0.264 e. The number of anilines is 1. The van der Waals surface area contributed by atoms with Gasteiger partial charge in [0, 0.05) is 25.0 Å². The maximum atomic E-state index is 14.1. The van der Waals surface area contributed by atoms with Crippen molar-refractivity contribution in [3.63, 3.8) is 0 Å². The van der Waals surface area contributed by atoms with Gasteiger partial charge in [-0.15, -0.1) is 0 Å². The molecule has 7 nitrogen and oxygen atoms in total. The van der Waals surface area contributed by atoms with Crippen molar-refractivity contribution in [1.82, 2.24) is 10.2 Å². The largest absolute Gasteiger partial charge is 0.357 e. The Labute approximate surface area is 244 Å². The second-order valence-electron chi connectivity index (χ2n) is 9.27. The molecule has 4 aromatic carbocycles. The molecule has 0 aliphatic carbocycles. The standard InChI is InChI=1S/C31H29ClFN3O4S/c1-34-31(38)29(20-23-8-4-2-5-9-23)35(21-24-12-16-26(33)17-13-24)30(37)22-36(27-18-14-25(32)15-19-27)41(39,40)28-10-6-3-7-11-28/h2-19,29H,20-22H2,1H3,(H,34,38)/t29-/m1/s1. The van der Waals surface area contributed by atoms with Crippen LogP contribution >= 0.6 is 11.6 Å². The van der Waals surface area contributed by atoms with E-state index >= 15 is 0 Å². The molecule has 4 rings (SSSR count). The van der Waals surface area contributed by atoms with E-state index in [1.165, 1.54) is 72.6 Å². The summed E-state index contributed by atoms with van der Waals surface area (Å²) in [4.78, 5) is 28.7. The van der Waals surface area contributed by atoms with Crippen molar-refractivity contribution in [2.24, 2.45) is 0 Å². The molecular weight excluding hydrogens is 565 g/mol. The van der Waals surface area contributed by atoms with Gasteiger partial charge in [0.25, 0.3) is 10.0 Å². The first kappa shape index (κ1) is 29.8. The Bertz CT molecular complexity index is 1570. The predicted octanol–water partition coefficient (Wildman–Crippen LogP) is 5.06. The monoisotopic (exact) mass is 593 g/mol. The highest BCUT2D eigenvalue weighted by atomic mass is 35.5. The first-order valence-corrected chi connectivity index (χ1v) is 14.6. The summed E-state index contributed by atoms with van der Waals surface area (Å²) in [6.45, 7) is -0.647.